The zero-order valence-corrected chi connectivity index (χ0v) is 10.4. The van der Waals surface area contributed by atoms with E-state index in [1.165, 1.54) is 0 Å². The van der Waals surface area contributed by atoms with Gasteiger partial charge in [-0.1, -0.05) is 18.2 Å². The van der Waals surface area contributed by atoms with Gasteiger partial charge in [-0.05, 0) is 24.5 Å². The number of amides is 1. The van der Waals surface area contributed by atoms with E-state index in [1.807, 2.05) is 0 Å². The monoisotopic (exact) mass is 261 g/mol. The number of ketones is 1. The van der Waals surface area contributed by atoms with Crippen molar-refractivity contribution in [3.05, 3.63) is 34.7 Å². The van der Waals surface area contributed by atoms with E-state index in [4.69, 9.17) is 0 Å². The minimum atomic E-state index is -0.350. The fraction of sp³-hybridized carbons (Fsp3) is 0.385. The molecule has 6 nitrogen and oxygen atoms in total. The van der Waals surface area contributed by atoms with Crippen molar-refractivity contribution in [2.75, 3.05) is 5.43 Å². The van der Waals surface area contributed by atoms with Gasteiger partial charge >= 0.3 is 0 Å². The van der Waals surface area contributed by atoms with Gasteiger partial charge < -0.3 is 5.32 Å². The molecule has 0 radical (unpaired) electrons. The van der Waals surface area contributed by atoms with E-state index >= 15 is 0 Å². The van der Waals surface area contributed by atoms with Crippen LogP contribution in [0.5, 0.6) is 0 Å². The summed E-state index contributed by atoms with van der Waals surface area (Å²) >= 11 is 0. The molecule has 100 valence electrons. The molecule has 0 bridgehead atoms. The first-order valence-electron chi connectivity index (χ1n) is 6.19. The number of para-hydroxylation sites is 1. The molecule has 1 aromatic rings. The van der Waals surface area contributed by atoms with Gasteiger partial charge in [0, 0.05) is 6.42 Å². The highest BCUT2D eigenvalue weighted by molar-refractivity contribution is 5.91. The lowest BCUT2D eigenvalue weighted by Crippen LogP contribution is -2.38. The average Bonchev–Trinajstić information content (AvgIpc) is 2.78. The van der Waals surface area contributed by atoms with Crippen molar-refractivity contribution in [2.24, 2.45) is 5.29 Å². The highest BCUT2D eigenvalue weighted by atomic mass is 16.3. The Labute approximate surface area is 110 Å². The van der Waals surface area contributed by atoms with Crippen molar-refractivity contribution in [1.82, 2.24) is 5.32 Å². The third-order valence-electron chi connectivity index (χ3n) is 3.17. The molecule has 0 unspecified atom stereocenters. The van der Waals surface area contributed by atoms with E-state index in [0.717, 1.165) is 6.42 Å². The van der Waals surface area contributed by atoms with Crippen molar-refractivity contribution in [2.45, 2.75) is 31.7 Å². The number of carbonyl (C=O) groups is 2. The molecule has 2 rings (SSSR count). The van der Waals surface area contributed by atoms with Crippen molar-refractivity contribution in [1.29, 1.82) is 0 Å². The van der Waals surface area contributed by atoms with Crippen LogP contribution in [0.2, 0.25) is 0 Å². The number of nitrogens with zero attached hydrogens (tertiary/aromatic N) is 1. The van der Waals surface area contributed by atoms with Gasteiger partial charge in [0.1, 0.15) is 0 Å². The van der Waals surface area contributed by atoms with Crippen LogP contribution < -0.4 is 10.7 Å². The first-order chi connectivity index (χ1) is 9.20. The predicted molar refractivity (Wildman–Crippen MR) is 70.4 cm³/mol. The number of carbonyl (C=O) groups excluding carboxylic acids is 2. The first kappa shape index (κ1) is 13.2. The highest BCUT2D eigenvalue weighted by Crippen LogP contribution is 2.17. The second-order valence-corrected chi connectivity index (χ2v) is 4.52. The number of anilines is 1. The van der Waals surface area contributed by atoms with E-state index < -0.39 is 0 Å². The van der Waals surface area contributed by atoms with Crippen LogP contribution in [-0.4, -0.2) is 17.7 Å². The van der Waals surface area contributed by atoms with Crippen LogP contribution >= 0.6 is 0 Å². The number of hydrogen-bond donors (Lipinski definition) is 2. The zero-order chi connectivity index (χ0) is 13.7. The Hall–Kier alpha value is -2.24. The Balaban J connectivity index is 1.98. The maximum absolute atomic E-state index is 11.9. The van der Waals surface area contributed by atoms with Gasteiger partial charge in [0.2, 0.25) is 5.91 Å². The van der Waals surface area contributed by atoms with E-state index in [-0.39, 0.29) is 24.2 Å². The van der Waals surface area contributed by atoms with E-state index in [1.54, 1.807) is 24.3 Å². The minimum Gasteiger partial charge on any atom is -0.346 e. The van der Waals surface area contributed by atoms with Crippen molar-refractivity contribution >= 4 is 17.4 Å². The lowest BCUT2D eigenvalue weighted by molar-refractivity contribution is -0.126. The van der Waals surface area contributed by atoms with Crippen LogP contribution in [0.15, 0.2) is 29.6 Å². The molecule has 0 aromatic heterocycles. The molecule has 1 saturated carbocycles. The molecule has 1 atom stereocenters. The van der Waals surface area contributed by atoms with Gasteiger partial charge in [0.15, 0.2) is 5.78 Å². The number of nitrogens with one attached hydrogen (secondary N) is 2. The fourth-order valence-corrected chi connectivity index (χ4v) is 2.22. The summed E-state index contributed by atoms with van der Waals surface area (Å²) in [4.78, 5) is 33.5. The molecule has 1 aliphatic rings. The molecule has 0 spiro atoms. The van der Waals surface area contributed by atoms with Crippen LogP contribution in [-0.2, 0) is 16.0 Å². The Morgan fingerprint density at radius 2 is 2.16 bits per heavy atom. The molecule has 6 heteroatoms. The topological polar surface area (TPSA) is 87.6 Å². The lowest BCUT2D eigenvalue weighted by Gasteiger charge is -2.12. The van der Waals surface area contributed by atoms with Crippen LogP contribution in [0, 0.1) is 4.91 Å². The highest BCUT2D eigenvalue weighted by Gasteiger charge is 2.25. The molecule has 1 aliphatic carbocycles. The minimum absolute atomic E-state index is 0.0920. The molecule has 1 aromatic carbocycles. The molecule has 1 fully saturated rings. The summed E-state index contributed by atoms with van der Waals surface area (Å²) in [7, 11) is 0. The predicted octanol–water partition coefficient (Wildman–Crippen LogP) is 1.56. The SMILES string of the molecule is O=NNc1ccccc1CC(=O)N[C@@H]1CCCC1=O. The summed E-state index contributed by atoms with van der Waals surface area (Å²) in [6.45, 7) is 0. The molecule has 0 saturated heterocycles. The molecule has 0 aliphatic heterocycles. The lowest BCUT2D eigenvalue weighted by atomic mass is 10.1. The smallest absolute Gasteiger partial charge is 0.225 e. The standard InChI is InChI=1S/C13H15N3O3/c17-12-7-3-6-11(12)14-13(18)8-9-4-1-2-5-10(9)15-16-19/h1-2,4-5,11H,3,6-8H2,(H,14,18)(H,15,19)/t11-/m1/s1. The normalized spacial score (nSPS) is 18.1. The maximum atomic E-state index is 11.9. The average molecular weight is 261 g/mol. The number of benzene rings is 1. The van der Waals surface area contributed by atoms with Crippen molar-refractivity contribution in [3.8, 4) is 0 Å². The number of nitroso groups, excluding NO2 is 1. The third kappa shape index (κ3) is 3.37. The van der Waals surface area contributed by atoms with E-state index in [0.29, 0.717) is 24.1 Å². The number of rotatable bonds is 5. The molecular formula is C13H15N3O3. The molecular weight excluding hydrogens is 246 g/mol. The second kappa shape index (κ2) is 6.08. The number of hydrogen-bond acceptors (Lipinski definition) is 4. The van der Waals surface area contributed by atoms with Crippen LogP contribution in [0.4, 0.5) is 5.69 Å². The second-order valence-electron chi connectivity index (χ2n) is 4.52. The van der Waals surface area contributed by atoms with Gasteiger partial charge in [0.25, 0.3) is 0 Å². The zero-order valence-electron chi connectivity index (χ0n) is 10.4. The Kier molecular flexibility index (Phi) is 4.22. The summed E-state index contributed by atoms with van der Waals surface area (Å²) in [5.41, 5.74) is 3.48. The van der Waals surface area contributed by atoms with Crippen LogP contribution in [0.25, 0.3) is 0 Å². The van der Waals surface area contributed by atoms with E-state index in [9.17, 15) is 14.5 Å². The Morgan fingerprint density at radius 1 is 1.37 bits per heavy atom. The van der Waals surface area contributed by atoms with E-state index in [2.05, 4.69) is 16.0 Å². The molecule has 1 amide bonds. The number of Topliss-reactive ketones (excluding diaryl/α,β-unsaturated/α-hetero) is 1. The Bertz CT molecular complexity index is 502. The van der Waals surface area contributed by atoms with Gasteiger partial charge in [-0.25, -0.2) is 5.43 Å². The molecule has 19 heavy (non-hydrogen) atoms. The summed E-state index contributed by atoms with van der Waals surface area (Å²) in [5.74, 6) is -0.130. The molecule has 2 N–H and O–H groups in total. The van der Waals surface area contributed by atoms with Gasteiger partial charge in [-0.3, -0.25) is 9.59 Å². The van der Waals surface area contributed by atoms with Crippen molar-refractivity contribution < 1.29 is 9.59 Å². The van der Waals surface area contributed by atoms with Gasteiger partial charge in [0.05, 0.1) is 23.4 Å². The van der Waals surface area contributed by atoms with Crippen LogP contribution in [0.1, 0.15) is 24.8 Å². The van der Waals surface area contributed by atoms with Crippen LogP contribution in [0.3, 0.4) is 0 Å². The summed E-state index contributed by atoms with van der Waals surface area (Å²) < 4.78 is 0. The third-order valence-corrected chi connectivity index (χ3v) is 3.17. The summed E-state index contributed by atoms with van der Waals surface area (Å²) in [6, 6.07) is 6.58. The van der Waals surface area contributed by atoms with Gasteiger partial charge in [-0.15, -0.1) is 4.91 Å². The summed E-state index contributed by atoms with van der Waals surface area (Å²) in [5, 5.41) is 5.32. The fourth-order valence-electron chi connectivity index (χ4n) is 2.22. The largest absolute Gasteiger partial charge is 0.346 e. The molecule has 0 heterocycles. The maximum Gasteiger partial charge on any atom is 0.225 e. The van der Waals surface area contributed by atoms with Crippen molar-refractivity contribution in [3.63, 3.8) is 0 Å². The first-order valence-corrected chi connectivity index (χ1v) is 6.19. The Morgan fingerprint density at radius 3 is 2.84 bits per heavy atom. The van der Waals surface area contributed by atoms with Gasteiger partial charge in [-0.2, -0.15) is 0 Å². The summed E-state index contributed by atoms with van der Waals surface area (Å²) in [6.07, 6.45) is 2.19. The quantitative estimate of drug-likeness (QED) is 0.622.